The van der Waals surface area contributed by atoms with Crippen molar-refractivity contribution in [3.05, 3.63) is 47.1 Å². The lowest BCUT2D eigenvalue weighted by Crippen LogP contribution is -2.31. The highest BCUT2D eigenvalue weighted by atomic mass is 35.5. The number of halogens is 1. The number of fused-ring (bicyclic) bond motifs is 1. The van der Waals surface area contributed by atoms with Gasteiger partial charge in [-0.2, -0.15) is 5.10 Å². The second-order valence-corrected chi connectivity index (χ2v) is 6.12. The molecule has 2 heterocycles. The third-order valence-corrected chi connectivity index (χ3v) is 4.03. The normalized spacial score (nSPS) is 11.7. The maximum absolute atomic E-state index is 12.2. The molecule has 0 spiro atoms. The number of rotatable bonds is 4. The van der Waals surface area contributed by atoms with Gasteiger partial charge in [0.15, 0.2) is 5.82 Å². The Bertz CT molecular complexity index is 990. The number of hydrogen-bond donors (Lipinski definition) is 4. The van der Waals surface area contributed by atoms with Gasteiger partial charge in [0.1, 0.15) is 5.82 Å². The molecule has 0 saturated carbocycles. The number of carbonyl (C=O) groups excluding carboxylic acids is 2. The van der Waals surface area contributed by atoms with Crippen LogP contribution in [0.25, 0.3) is 10.9 Å². The largest absolute Gasteiger partial charge is 0.453 e. The van der Waals surface area contributed by atoms with Crippen LogP contribution in [-0.2, 0) is 4.74 Å². The topological polar surface area (TPSA) is 121 Å². The van der Waals surface area contributed by atoms with E-state index < -0.39 is 12.1 Å². The van der Waals surface area contributed by atoms with Crippen molar-refractivity contribution in [1.29, 1.82) is 0 Å². The lowest BCUT2D eigenvalue weighted by Gasteiger charge is -2.15. The molecule has 4 N–H and O–H groups in total. The summed E-state index contributed by atoms with van der Waals surface area (Å²) in [5.74, 6) is 0.612. The van der Waals surface area contributed by atoms with Crippen LogP contribution in [0.2, 0.25) is 5.02 Å². The van der Waals surface area contributed by atoms with Gasteiger partial charge in [-0.15, -0.1) is 0 Å². The van der Waals surface area contributed by atoms with Gasteiger partial charge in [-0.05, 0) is 24.6 Å². The molecule has 0 aliphatic heterocycles. The molecule has 3 aromatic rings. The van der Waals surface area contributed by atoms with Gasteiger partial charge in [0, 0.05) is 17.3 Å². The van der Waals surface area contributed by atoms with E-state index in [-0.39, 0.29) is 11.9 Å². The van der Waals surface area contributed by atoms with E-state index in [4.69, 9.17) is 11.6 Å². The average Bonchev–Trinajstić information content (AvgIpc) is 3.03. The van der Waals surface area contributed by atoms with Gasteiger partial charge in [-0.3, -0.25) is 15.7 Å². The summed E-state index contributed by atoms with van der Waals surface area (Å²) in [6, 6.07) is 8.21. The minimum atomic E-state index is -0.639. The molecule has 2 aromatic heterocycles. The molecule has 10 heteroatoms. The Hall–Kier alpha value is -3.33. The molecular formula is C17H17ClN6O3. The summed E-state index contributed by atoms with van der Waals surface area (Å²) in [5.41, 5.74) is 1.47. The molecule has 0 saturated heterocycles. The second-order valence-electron chi connectivity index (χ2n) is 5.68. The number of pyridine rings is 1. The van der Waals surface area contributed by atoms with Crippen LogP contribution in [0.1, 0.15) is 18.5 Å². The van der Waals surface area contributed by atoms with Crippen LogP contribution in [0, 0.1) is 0 Å². The van der Waals surface area contributed by atoms with Gasteiger partial charge in [-0.25, -0.2) is 14.6 Å². The summed E-state index contributed by atoms with van der Waals surface area (Å²) in [6.45, 7) is 1.85. The van der Waals surface area contributed by atoms with Gasteiger partial charge >= 0.3 is 12.1 Å². The van der Waals surface area contributed by atoms with Crippen LogP contribution in [0.4, 0.5) is 21.2 Å². The van der Waals surface area contributed by atoms with E-state index in [0.717, 1.165) is 5.56 Å². The Kier molecular flexibility index (Phi) is 5.41. The molecule has 3 rings (SSSR count). The number of methoxy groups -OCH3 is 1. The molecule has 1 aromatic carbocycles. The van der Waals surface area contributed by atoms with Crippen molar-refractivity contribution >= 4 is 46.3 Å². The molecule has 1 atom stereocenters. The zero-order valence-electron chi connectivity index (χ0n) is 14.5. The van der Waals surface area contributed by atoms with Crippen molar-refractivity contribution in [2.45, 2.75) is 13.0 Å². The quantitative estimate of drug-likeness (QED) is 0.543. The highest BCUT2D eigenvalue weighted by molar-refractivity contribution is 6.30. The minimum Gasteiger partial charge on any atom is -0.453 e. The molecule has 0 unspecified atom stereocenters. The van der Waals surface area contributed by atoms with Crippen molar-refractivity contribution in [2.75, 3.05) is 17.7 Å². The van der Waals surface area contributed by atoms with Gasteiger partial charge in [0.25, 0.3) is 0 Å². The molecule has 0 fully saturated rings. The number of anilines is 2. The van der Waals surface area contributed by atoms with Crippen molar-refractivity contribution < 1.29 is 14.3 Å². The van der Waals surface area contributed by atoms with Gasteiger partial charge in [0.2, 0.25) is 0 Å². The number of aromatic nitrogens is 3. The molecule has 0 radical (unpaired) electrons. The lowest BCUT2D eigenvalue weighted by molar-refractivity contribution is 0.187. The van der Waals surface area contributed by atoms with E-state index >= 15 is 0 Å². The summed E-state index contributed by atoms with van der Waals surface area (Å²) < 4.78 is 4.53. The van der Waals surface area contributed by atoms with Crippen molar-refractivity contribution in [1.82, 2.24) is 20.5 Å². The smallest absolute Gasteiger partial charge is 0.412 e. The fraction of sp³-hybridized carbons (Fsp3) is 0.176. The molecular weight excluding hydrogens is 372 g/mol. The number of H-pyrrole nitrogens is 1. The van der Waals surface area contributed by atoms with Crippen LogP contribution >= 0.6 is 11.6 Å². The summed E-state index contributed by atoms with van der Waals surface area (Å²) in [6.07, 6.45) is 0.847. The van der Waals surface area contributed by atoms with E-state index in [1.54, 1.807) is 18.2 Å². The molecule has 140 valence electrons. The van der Waals surface area contributed by atoms with Crippen LogP contribution in [0.15, 0.2) is 36.5 Å². The SMILES string of the molecule is COC(=O)Nc1n[nH]c2cc(NC(=O)N[C@H](C)c3cccc(Cl)c3)ncc12. The summed E-state index contributed by atoms with van der Waals surface area (Å²) >= 11 is 5.97. The zero-order chi connectivity index (χ0) is 19.4. The Balaban J connectivity index is 1.67. The lowest BCUT2D eigenvalue weighted by atomic mass is 10.1. The van der Waals surface area contributed by atoms with Gasteiger partial charge in [0.05, 0.1) is 24.1 Å². The average molecular weight is 389 g/mol. The van der Waals surface area contributed by atoms with Crippen molar-refractivity contribution in [2.24, 2.45) is 0 Å². The molecule has 0 aliphatic rings. The number of hydrogen-bond acceptors (Lipinski definition) is 5. The minimum absolute atomic E-state index is 0.240. The van der Waals surface area contributed by atoms with E-state index in [2.05, 4.69) is 35.9 Å². The maximum Gasteiger partial charge on any atom is 0.412 e. The van der Waals surface area contributed by atoms with E-state index in [1.165, 1.54) is 13.3 Å². The maximum atomic E-state index is 12.2. The van der Waals surface area contributed by atoms with Crippen LogP contribution in [0.5, 0.6) is 0 Å². The predicted molar refractivity (Wildman–Crippen MR) is 102 cm³/mol. The number of carbonyl (C=O) groups is 2. The van der Waals surface area contributed by atoms with Crippen LogP contribution < -0.4 is 16.0 Å². The van der Waals surface area contributed by atoms with Gasteiger partial charge < -0.3 is 10.1 Å². The van der Waals surface area contributed by atoms with E-state index in [1.807, 2.05) is 19.1 Å². The fourth-order valence-electron chi connectivity index (χ4n) is 2.43. The van der Waals surface area contributed by atoms with Gasteiger partial charge in [-0.1, -0.05) is 23.7 Å². The number of aromatic amines is 1. The predicted octanol–water partition coefficient (Wildman–Crippen LogP) is 3.67. The number of nitrogens with one attached hydrogen (secondary N) is 4. The molecule has 0 bridgehead atoms. The third-order valence-electron chi connectivity index (χ3n) is 3.79. The standard InChI is InChI=1S/C17H17ClN6O3/c1-9(10-4-3-5-11(18)6-10)20-16(25)21-14-7-13-12(8-19-14)15(24-23-13)22-17(26)27-2/h3-9H,1-2H3,(H2,19,20,21,25)(H2,22,23,24,26)/t9-/m1/s1. The first-order valence-corrected chi connectivity index (χ1v) is 8.36. The molecule has 27 heavy (non-hydrogen) atoms. The number of ether oxygens (including phenoxy) is 1. The van der Waals surface area contributed by atoms with E-state index in [9.17, 15) is 9.59 Å². The Labute approximate surface area is 159 Å². The molecule has 0 aliphatic carbocycles. The summed E-state index contributed by atoms with van der Waals surface area (Å²) in [4.78, 5) is 27.7. The van der Waals surface area contributed by atoms with Crippen molar-refractivity contribution in [3.63, 3.8) is 0 Å². The molecule has 3 amide bonds. The highest BCUT2D eigenvalue weighted by Crippen LogP contribution is 2.22. The number of nitrogens with zero attached hydrogens (tertiary/aromatic N) is 2. The number of benzene rings is 1. The number of amides is 3. The molecule has 9 nitrogen and oxygen atoms in total. The summed E-state index contributed by atoms with van der Waals surface area (Å²) in [5, 5.41) is 15.9. The first kappa shape index (κ1) is 18.5. The Morgan fingerprint density at radius 3 is 2.81 bits per heavy atom. The van der Waals surface area contributed by atoms with E-state index in [0.29, 0.717) is 21.7 Å². The Morgan fingerprint density at radius 2 is 2.07 bits per heavy atom. The van der Waals surface area contributed by atoms with Crippen LogP contribution in [0.3, 0.4) is 0 Å². The highest BCUT2D eigenvalue weighted by Gasteiger charge is 2.13. The fourth-order valence-corrected chi connectivity index (χ4v) is 2.63. The van der Waals surface area contributed by atoms with Crippen LogP contribution in [-0.4, -0.2) is 34.4 Å². The zero-order valence-corrected chi connectivity index (χ0v) is 15.3. The Morgan fingerprint density at radius 1 is 1.26 bits per heavy atom. The second kappa shape index (κ2) is 7.92. The summed E-state index contributed by atoms with van der Waals surface area (Å²) in [7, 11) is 1.26. The number of urea groups is 1. The third kappa shape index (κ3) is 4.45. The van der Waals surface area contributed by atoms with Crippen molar-refractivity contribution in [3.8, 4) is 0 Å². The first-order valence-electron chi connectivity index (χ1n) is 7.98. The monoisotopic (exact) mass is 388 g/mol. The first-order chi connectivity index (χ1) is 13.0.